The number of hydrogen-bond donors (Lipinski definition) is 2. The summed E-state index contributed by atoms with van der Waals surface area (Å²) in [6, 6.07) is 0.341. The highest BCUT2D eigenvalue weighted by atomic mass is 16.5. The van der Waals surface area contributed by atoms with E-state index in [1.165, 1.54) is 0 Å². The molecule has 19 heavy (non-hydrogen) atoms. The fourth-order valence-electron chi connectivity index (χ4n) is 3.84. The molecule has 1 aliphatic heterocycles. The number of hydrogen-bond acceptors (Lipinski definition) is 3. The summed E-state index contributed by atoms with van der Waals surface area (Å²) in [5.74, 6) is 0.970. The maximum atomic E-state index is 12.3. The van der Waals surface area contributed by atoms with Gasteiger partial charge in [0.25, 0.3) is 0 Å². The van der Waals surface area contributed by atoms with Crippen LogP contribution in [-0.2, 0) is 9.53 Å². The van der Waals surface area contributed by atoms with Crippen LogP contribution in [0.1, 0.15) is 44.9 Å². The number of aliphatic hydroxyl groups excluding tert-OH is 1. The van der Waals surface area contributed by atoms with Crippen molar-refractivity contribution in [2.24, 2.45) is 17.3 Å². The minimum Gasteiger partial charge on any atom is -0.396 e. The molecule has 0 bridgehead atoms. The molecule has 0 radical (unpaired) electrons. The molecule has 1 amide bonds. The van der Waals surface area contributed by atoms with Crippen molar-refractivity contribution in [1.29, 1.82) is 0 Å². The second-order valence-electron chi connectivity index (χ2n) is 6.64. The van der Waals surface area contributed by atoms with Gasteiger partial charge in [-0.05, 0) is 56.3 Å². The fraction of sp³-hybridized carbons (Fsp3) is 0.933. The molecule has 1 heterocycles. The van der Waals surface area contributed by atoms with E-state index in [2.05, 4.69) is 5.32 Å². The number of nitrogens with one attached hydrogen (secondary N) is 1. The van der Waals surface area contributed by atoms with Crippen molar-refractivity contribution in [3.05, 3.63) is 0 Å². The number of amides is 1. The predicted octanol–water partition coefficient (Wildman–Crippen LogP) is 1.47. The zero-order chi connectivity index (χ0) is 13.3. The van der Waals surface area contributed by atoms with Crippen LogP contribution >= 0.6 is 0 Å². The molecule has 4 nitrogen and oxygen atoms in total. The zero-order valence-electron chi connectivity index (χ0n) is 11.6. The largest absolute Gasteiger partial charge is 0.396 e. The molecule has 2 N–H and O–H groups in total. The Morgan fingerprint density at radius 3 is 2.53 bits per heavy atom. The van der Waals surface area contributed by atoms with Crippen molar-refractivity contribution in [2.45, 2.75) is 51.0 Å². The highest BCUT2D eigenvalue weighted by Gasteiger charge is 2.58. The van der Waals surface area contributed by atoms with Crippen LogP contribution in [0.2, 0.25) is 0 Å². The first-order valence-corrected chi connectivity index (χ1v) is 7.72. The van der Waals surface area contributed by atoms with Gasteiger partial charge >= 0.3 is 0 Å². The molecule has 1 atom stereocenters. The maximum absolute atomic E-state index is 12.3. The zero-order valence-corrected chi connectivity index (χ0v) is 11.6. The van der Waals surface area contributed by atoms with E-state index in [1.807, 2.05) is 0 Å². The Kier molecular flexibility index (Phi) is 3.81. The molecule has 3 aliphatic rings. The van der Waals surface area contributed by atoms with Gasteiger partial charge in [-0.1, -0.05) is 0 Å². The lowest BCUT2D eigenvalue weighted by molar-refractivity contribution is -0.124. The van der Waals surface area contributed by atoms with E-state index >= 15 is 0 Å². The second-order valence-corrected chi connectivity index (χ2v) is 6.64. The average Bonchev–Trinajstić information content (AvgIpc) is 3.14. The molecule has 1 saturated heterocycles. The SMILES string of the molecule is O=C(NC1CCC(CO)CC1)C1CC12CCOCC2. The van der Waals surface area contributed by atoms with E-state index in [9.17, 15) is 4.79 Å². The standard InChI is InChI=1S/C15H25NO3/c17-10-11-1-3-12(4-2-11)16-14(18)13-9-15(13)5-7-19-8-6-15/h11-13,17H,1-10H2,(H,16,18). The number of rotatable bonds is 3. The van der Waals surface area contributed by atoms with Crippen LogP contribution in [0, 0.1) is 17.3 Å². The minimum atomic E-state index is 0.243. The topological polar surface area (TPSA) is 58.6 Å². The molecular weight excluding hydrogens is 242 g/mol. The molecule has 0 aromatic heterocycles. The van der Waals surface area contributed by atoms with Gasteiger partial charge < -0.3 is 15.2 Å². The second kappa shape index (κ2) is 5.41. The van der Waals surface area contributed by atoms with Crippen LogP contribution < -0.4 is 5.32 Å². The van der Waals surface area contributed by atoms with Crippen molar-refractivity contribution in [3.63, 3.8) is 0 Å². The molecule has 3 rings (SSSR count). The summed E-state index contributed by atoms with van der Waals surface area (Å²) >= 11 is 0. The molecule has 1 unspecified atom stereocenters. The molecule has 0 aromatic carbocycles. The Hall–Kier alpha value is -0.610. The Morgan fingerprint density at radius 1 is 1.21 bits per heavy atom. The lowest BCUT2D eigenvalue weighted by Gasteiger charge is -2.28. The Morgan fingerprint density at radius 2 is 1.89 bits per heavy atom. The van der Waals surface area contributed by atoms with Gasteiger partial charge in [0, 0.05) is 31.8 Å². The van der Waals surface area contributed by atoms with Crippen LogP contribution in [0.3, 0.4) is 0 Å². The summed E-state index contributed by atoms with van der Waals surface area (Å²) in [5.41, 5.74) is 0.282. The molecule has 2 aliphatic carbocycles. The van der Waals surface area contributed by atoms with Gasteiger partial charge in [0.1, 0.15) is 0 Å². The number of ether oxygens (including phenoxy) is 1. The van der Waals surface area contributed by atoms with Gasteiger partial charge in [0.05, 0.1) is 0 Å². The summed E-state index contributed by atoms with van der Waals surface area (Å²) in [7, 11) is 0. The lowest BCUT2D eigenvalue weighted by Crippen LogP contribution is -2.40. The molecule has 1 spiro atoms. The van der Waals surface area contributed by atoms with Crippen molar-refractivity contribution >= 4 is 5.91 Å². The van der Waals surface area contributed by atoms with Crippen molar-refractivity contribution < 1.29 is 14.6 Å². The Bertz CT molecular complexity index is 330. The van der Waals surface area contributed by atoms with Crippen LogP contribution in [0.15, 0.2) is 0 Å². The molecule has 4 heteroatoms. The van der Waals surface area contributed by atoms with E-state index in [1.54, 1.807) is 0 Å². The molecule has 0 aromatic rings. The van der Waals surface area contributed by atoms with Gasteiger partial charge in [-0.25, -0.2) is 0 Å². The normalized spacial score (nSPS) is 37.0. The lowest BCUT2D eigenvalue weighted by atomic mass is 9.86. The third-order valence-corrected chi connectivity index (χ3v) is 5.45. The molecule has 108 valence electrons. The fourth-order valence-corrected chi connectivity index (χ4v) is 3.84. The Balaban J connectivity index is 1.45. The smallest absolute Gasteiger partial charge is 0.223 e. The number of carbonyl (C=O) groups excluding carboxylic acids is 1. The quantitative estimate of drug-likeness (QED) is 0.814. The number of aliphatic hydroxyl groups is 1. The highest BCUT2D eigenvalue weighted by Crippen LogP contribution is 2.59. The monoisotopic (exact) mass is 267 g/mol. The predicted molar refractivity (Wildman–Crippen MR) is 71.6 cm³/mol. The summed E-state index contributed by atoms with van der Waals surface area (Å²) in [6.45, 7) is 1.95. The van der Waals surface area contributed by atoms with Gasteiger partial charge in [-0.2, -0.15) is 0 Å². The average molecular weight is 267 g/mol. The van der Waals surface area contributed by atoms with E-state index in [-0.39, 0.29) is 17.2 Å². The maximum Gasteiger partial charge on any atom is 0.223 e. The van der Waals surface area contributed by atoms with E-state index in [4.69, 9.17) is 9.84 Å². The molecule has 3 fully saturated rings. The summed E-state index contributed by atoms with van der Waals surface area (Å²) < 4.78 is 5.39. The summed E-state index contributed by atoms with van der Waals surface area (Å²) in [6.07, 6.45) is 7.33. The third kappa shape index (κ3) is 2.79. The van der Waals surface area contributed by atoms with Crippen molar-refractivity contribution in [2.75, 3.05) is 19.8 Å². The van der Waals surface area contributed by atoms with Gasteiger partial charge in [0.2, 0.25) is 5.91 Å². The van der Waals surface area contributed by atoms with Gasteiger partial charge in [-0.15, -0.1) is 0 Å². The van der Waals surface area contributed by atoms with Gasteiger partial charge in [-0.3, -0.25) is 4.79 Å². The molecular formula is C15H25NO3. The van der Waals surface area contributed by atoms with E-state index < -0.39 is 0 Å². The Labute approximate surface area is 114 Å². The van der Waals surface area contributed by atoms with Crippen LogP contribution in [0.5, 0.6) is 0 Å². The van der Waals surface area contributed by atoms with Crippen LogP contribution in [-0.4, -0.2) is 36.9 Å². The van der Waals surface area contributed by atoms with Crippen molar-refractivity contribution in [1.82, 2.24) is 5.32 Å². The van der Waals surface area contributed by atoms with Crippen molar-refractivity contribution in [3.8, 4) is 0 Å². The third-order valence-electron chi connectivity index (χ3n) is 5.45. The summed E-state index contributed by atoms with van der Waals surface area (Å²) in [5, 5.41) is 12.4. The first kappa shape index (κ1) is 13.4. The van der Waals surface area contributed by atoms with Crippen LogP contribution in [0.25, 0.3) is 0 Å². The van der Waals surface area contributed by atoms with Crippen LogP contribution in [0.4, 0.5) is 0 Å². The first-order chi connectivity index (χ1) is 9.23. The van der Waals surface area contributed by atoms with E-state index in [0.717, 1.165) is 58.2 Å². The first-order valence-electron chi connectivity index (χ1n) is 7.72. The number of carbonyl (C=O) groups is 1. The van der Waals surface area contributed by atoms with Gasteiger partial charge in [0.15, 0.2) is 0 Å². The highest BCUT2D eigenvalue weighted by molar-refractivity contribution is 5.82. The molecule has 2 saturated carbocycles. The minimum absolute atomic E-state index is 0.243. The summed E-state index contributed by atoms with van der Waals surface area (Å²) in [4.78, 5) is 12.3. The van der Waals surface area contributed by atoms with E-state index in [0.29, 0.717) is 18.6 Å².